The number of rotatable bonds is 3. The lowest BCUT2D eigenvalue weighted by Gasteiger charge is -2.55. The average molecular weight is 378 g/mol. The molecule has 4 aliphatic rings. The standard InChI is InChI=1S/C15H18N6O4S/c1-26(25)13-16-14-19(18-13)12(22)11(21(23)24)17-20(14)15-5-8-2-9(6-15)4-10(3-8)7-15/h8-10H,2-7H2,1H3. The van der Waals surface area contributed by atoms with Gasteiger partial charge in [0.2, 0.25) is 5.16 Å². The van der Waals surface area contributed by atoms with Crippen molar-refractivity contribution in [3.8, 4) is 0 Å². The smallest absolute Gasteiger partial charge is 0.358 e. The minimum atomic E-state index is -1.50. The highest BCUT2D eigenvalue weighted by molar-refractivity contribution is 7.84. The van der Waals surface area contributed by atoms with E-state index in [0.717, 1.165) is 23.8 Å². The van der Waals surface area contributed by atoms with Crippen molar-refractivity contribution in [3.63, 3.8) is 0 Å². The van der Waals surface area contributed by atoms with Crippen molar-refractivity contribution in [1.82, 2.24) is 24.4 Å². The van der Waals surface area contributed by atoms with Gasteiger partial charge in [0, 0.05) is 6.26 Å². The van der Waals surface area contributed by atoms with Crippen molar-refractivity contribution in [2.75, 3.05) is 6.26 Å². The summed E-state index contributed by atoms with van der Waals surface area (Å²) in [5.74, 6) is 1.16. The first-order valence-electron chi connectivity index (χ1n) is 8.75. The van der Waals surface area contributed by atoms with Crippen LogP contribution in [0.3, 0.4) is 0 Å². The fourth-order valence-corrected chi connectivity index (χ4v) is 6.12. The summed E-state index contributed by atoms with van der Waals surface area (Å²) in [6.07, 6.45) is 7.69. The van der Waals surface area contributed by atoms with Gasteiger partial charge in [-0.15, -0.1) is 14.3 Å². The molecule has 10 nitrogen and oxygen atoms in total. The third kappa shape index (κ3) is 2.12. The van der Waals surface area contributed by atoms with E-state index in [1.54, 1.807) is 4.68 Å². The minimum absolute atomic E-state index is 0.0112. The highest BCUT2D eigenvalue weighted by Gasteiger charge is 2.55. The van der Waals surface area contributed by atoms with Crippen LogP contribution in [0, 0.1) is 27.9 Å². The third-order valence-corrected chi connectivity index (χ3v) is 6.91. The second-order valence-electron chi connectivity index (χ2n) is 8.00. The maximum Gasteiger partial charge on any atom is 0.455 e. The molecule has 4 fully saturated rings. The van der Waals surface area contributed by atoms with Gasteiger partial charge in [0.15, 0.2) is 0 Å². The van der Waals surface area contributed by atoms with Gasteiger partial charge in [-0.3, -0.25) is 9.00 Å². The van der Waals surface area contributed by atoms with E-state index in [2.05, 4.69) is 15.2 Å². The fourth-order valence-electron chi connectivity index (χ4n) is 5.71. The molecule has 26 heavy (non-hydrogen) atoms. The fraction of sp³-hybridized carbons (Fsp3) is 0.733. The van der Waals surface area contributed by atoms with Gasteiger partial charge < -0.3 is 10.1 Å². The van der Waals surface area contributed by atoms with Crippen molar-refractivity contribution in [2.45, 2.75) is 49.2 Å². The van der Waals surface area contributed by atoms with Crippen molar-refractivity contribution in [3.05, 3.63) is 20.5 Å². The Morgan fingerprint density at radius 2 is 1.73 bits per heavy atom. The van der Waals surface area contributed by atoms with E-state index in [9.17, 15) is 19.1 Å². The van der Waals surface area contributed by atoms with Gasteiger partial charge in [0.05, 0.1) is 21.4 Å². The number of aromatic nitrogens is 5. The van der Waals surface area contributed by atoms with Crippen LogP contribution < -0.4 is 5.56 Å². The molecular weight excluding hydrogens is 360 g/mol. The summed E-state index contributed by atoms with van der Waals surface area (Å²) in [7, 11) is -1.50. The number of nitrogens with zero attached hydrogens (tertiary/aromatic N) is 6. The molecule has 4 bridgehead atoms. The second kappa shape index (κ2) is 5.18. The lowest BCUT2D eigenvalue weighted by molar-refractivity contribution is -0.392. The molecule has 0 saturated heterocycles. The lowest BCUT2D eigenvalue weighted by Crippen LogP contribution is -2.53. The van der Waals surface area contributed by atoms with E-state index >= 15 is 0 Å². The minimum Gasteiger partial charge on any atom is -0.358 e. The first-order valence-corrected chi connectivity index (χ1v) is 10.3. The molecule has 4 saturated carbocycles. The number of hydrogen-bond donors (Lipinski definition) is 0. The predicted molar refractivity (Wildman–Crippen MR) is 90.2 cm³/mol. The van der Waals surface area contributed by atoms with Crippen LogP contribution in [0.2, 0.25) is 0 Å². The Hall–Kier alpha value is -2.17. The Balaban J connectivity index is 1.79. The largest absolute Gasteiger partial charge is 0.455 e. The SMILES string of the molecule is CS(=O)c1nc2n(C34CC5CC(CC(C5)C3)C4)nc([N+](=O)[O-])c(=O)n2n1. The summed E-state index contributed by atoms with van der Waals surface area (Å²) in [5, 5.41) is 19.5. The molecule has 4 aliphatic carbocycles. The molecule has 0 N–H and O–H groups in total. The van der Waals surface area contributed by atoms with Crippen molar-refractivity contribution in [1.29, 1.82) is 0 Å². The summed E-state index contributed by atoms with van der Waals surface area (Å²) < 4.78 is 14.3. The van der Waals surface area contributed by atoms with E-state index in [1.165, 1.54) is 25.5 Å². The molecule has 1 atom stereocenters. The average Bonchev–Trinajstić information content (AvgIpc) is 2.99. The van der Waals surface area contributed by atoms with Gasteiger partial charge in [-0.25, -0.2) is 0 Å². The monoisotopic (exact) mass is 378 g/mol. The van der Waals surface area contributed by atoms with Crippen LogP contribution in [-0.2, 0) is 16.3 Å². The number of hydrogen-bond acceptors (Lipinski definition) is 7. The molecule has 0 aliphatic heterocycles. The van der Waals surface area contributed by atoms with E-state index in [4.69, 9.17) is 0 Å². The van der Waals surface area contributed by atoms with Gasteiger partial charge in [-0.2, -0.15) is 4.98 Å². The maximum absolute atomic E-state index is 12.4. The first kappa shape index (κ1) is 16.0. The summed E-state index contributed by atoms with van der Waals surface area (Å²) in [6, 6.07) is 0. The molecule has 6 rings (SSSR count). The maximum atomic E-state index is 12.4. The Bertz CT molecular complexity index is 992. The van der Waals surface area contributed by atoms with Gasteiger partial charge in [-0.05, 0) is 61.2 Å². The summed E-state index contributed by atoms with van der Waals surface area (Å²) in [5.41, 5.74) is -1.30. The molecule has 0 spiro atoms. The van der Waals surface area contributed by atoms with Gasteiger partial charge in [0.1, 0.15) is 0 Å². The van der Waals surface area contributed by atoms with Crippen molar-refractivity contribution in [2.24, 2.45) is 17.8 Å². The zero-order chi connectivity index (χ0) is 18.2. The molecule has 0 aromatic carbocycles. The molecule has 138 valence electrons. The quantitative estimate of drug-likeness (QED) is 0.573. The molecule has 0 radical (unpaired) electrons. The predicted octanol–water partition coefficient (Wildman–Crippen LogP) is 0.857. The topological polar surface area (TPSA) is 125 Å². The first-order chi connectivity index (χ1) is 12.4. The van der Waals surface area contributed by atoms with E-state index in [-0.39, 0.29) is 16.5 Å². The second-order valence-corrected chi connectivity index (χ2v) is 9.27. The van der Waals surface area contributed by atoms with Crippen LogP contribution in [-0.4, -0.2) is 39.8 Å². The molecule has 0 amide bonds. The van der Waals surface area contributed by atoms with E-state index < -0.39 is 27.1 Å². The van der Waals surface area contributed by atoms with E-state index in [0.29, 0.717) is 17.8 Å². The third-order valence-electron chi connectivity index (χ3n) is 6.22. The highest BCUT2D eigenvalue weighted by Crippen LogP contribution is 2.58. The van der Waals surface area contributed by atoms with Crippen molar-refractivity contribution >= 4 is 22.4 Å². The Kier molecular flexibility index (Phi) is 3.19. The Labute approximate surface area is 150 Å². The number of fused-ring (bicyclic) bond motifs is 1. The van der Waals surface area contributed by atoms with Crippen LogP contribution in [0.5, 0.6) is 0 Å². The molecule has 1 unspecified atom stereocenters. The van der Waals surface area contributed by atoms with Gasteiger partial charge in [-0.1, -0.05) is 0 Å². The van der Waals surface area contributed by atoms with Crippen LogP contribution in [0.1, 0.15) is 38.5 Å². The lowest BCUT2D eigenvalue weighted by atomic mass is 9.53. The summed E-state index contributed by atoms with van der Waals surface area (Å²) in [4.78, 5) is 27.3. The summed E-state index contributed by atoms with van der Waals surface area (Å²) in [6.45, 7) is 0. The van der Waals surface area contributed by atoms with Gasteiger partial charge in [0.25, 0.3) is 5.78 Å². The van der Waals surface area contributed by atoms with Gasteiger partial charge >= 0.3 is 11.4 Å². The Morgan fingerprint density at radius 1 is 1.15 bits per heavy atom. The molecular formula is C15H18N6O4S. The van der Waals surface area contributed by atoms with Crippen LogP contribution in [0.15, 0.2) is 9.95 Å². The number of nitro groups is 1. The Morgan fingerprint density at radius 3 is 2.23 bits per heavy atom. The molecule has 2 aromatic rings. The van der Waals surface area contributed by atoms with Crippen LogP contribution >= 0.6 is 0 Å². The zero-order valence-electron chi connectivity index (χ0n) is 14.2. The van der Waals surface area contributed by atoms with Crippen LogP contribution in [0.4, 0.5) is 5.82 Å². The highest BCUT2D eigenvalue weighted by atomic mass is 32.2. The molecule has 11 heteroatoms. The molecule has 2 heterocycles. The van der Waals surface area contributed by atoms with Crippen LogP contribution in [0.25, 0.3) is 5.78 Å². The summed E-state index contributed by atoms with van der Waals surface area (Å²) >= 11 is 0. The molecule has 2 aromatic heterocycles. The zero-order valence-corrected chi connectivity index (χ0v) is 15.0. The van der Waals surface area contributed by atoms with E-state index in [1.807, 2.05) is 0 Å². The van der Waals surface area contributed by atoms with Crippen molar-refractivity contribution < 1.29 is 9.13 Å². The normalized spacial score (nSPS) is 33.7.